The average molecular weight is 329 g/mol. The third-order valence-corrected chi connectivity index (χ3v) is 5.40. The van der Waals surface area contributed by atoms with E-state index in [4.69, 9.17) is 0 Å². The smallest absolute Gasteiger partial charge is 0.239 e. The van der Waals surface area contributed by atoms with Gasteiger partial charge in [0.2, 0.25) is 5.91 Å². The molecule has 0 radical (unpaired) electrons. The van der Waals surface area contributed by atoms with E-state index in [1.165, 1.54) is 24.8 Å². The molecule has 3 rings (SSSR count). The number of rotatable bonds is 6. The van der Waals surface area contributed by atoms with Crippen molar-refractivity contribution in [2.45, 2.75) is 45.2 Å². The number of amides is 1. The number of piperidine rings is 1. The van der Waals surface area contributed by atoms with Crippen molar-refractivity contribution >= 4 is 5.91 Å². The Bertz CT molecular complexity index is 513. The number of nitrogens with one attached hydrogen (secondary N) is 1. The number of carbonyl (C=O) groups is 1. The molecular weight excluding hydrogens is 298 g/mol. The number of nitrogens with zero attached hydrogens (tertiary/aromatic N) is 2. The molecule has 2 aliphatic heterocycles. The second-order valence-electron chi connectivity index (χ2n) is 7.25. The minimum absolute atomic E-state index is 0.0560. The Labute approximate surface area is 146 Å². The second-order valence-corrected chi connectivity index (χ2v) is 7.25. The number of carbonyl (C=O) groups excluding carboxylic acids is 1. The van der Waals surface area contributed by atoms with E-state index in [1.807, 2.05) is 0 Å². The van der Waals surface area contributed by atoms with E-state index in [9.17, 15) is 4.79 Å². The molecule has 1 amide bonds. The lowest BCUT2D eigenvalue weighted by atomic mass is 10.0. The van der Waals surface area contributed by atoms with Crippen molar-refractivity contribution in [3.05, 3.63) is 35.9 Å². The normalized spacial score (nSPS) is 24.9. The van der Waals surface area contributed by atoms with E-state index in [2.05, 4.69) is 52.4 Å². The average Bonchev–Trinajstić information content (AvgIpc) is 3.07. The fourth-order valence-corrected chi connectivity index (χ4v) is 4.02. The van der Waals surface area contributed by atoms with E-state index < -0.39 is 0 Å². The minimum Gasteiger partial charge on any atom is -0.341 e. The van der Waals surface area contributed by atoms with Crippen LogP contribution in [0.3, 0.4) is 0 Å². The van der Waals surface area contributed by atoms with E-state index in [1.54, 1.807) is 0 Å². The standard InChI is InChI=1S/C20H31N3O/c1-2-23(20(24)19-10-6-7-12-21-19)16-18-11-13-22(15-18)14-17-8-4-3-5-9-17/h3-5,8-9,18-19,21H,2,6-7,10-16H2,1H3/t18?,19-/m1/s1. The number of hydrogen-bond acceptors (Lipinski definition) is 3. The van der Waals surface area contributed by atoms with Gasteiger partial charge in [0.15, 0.2) is 0 Å². The van der Waals surface area contributed by atoms with Gasteiger partial charge < -0.3 is 10.2 Å². The van der Waals surface area contributed by atoms with Crippen LogP contribution >= 0.6 is 0 Å². The number of likely N-dealkylation sites (N-methyl/N-ethyl adjacent to an activating group) is 1. The van der Waals surface area contributed by atoms with Crippen LogP contribution in [0.2, 0.25) is 0 Å². The highest BCUT2D eigenvalue weighted by Gasteiger charge is 2.29. The fourth-order valence-electron chi connectivity index (χ4n) is 4.02. The van der Waals surface area contributed by atoms with Gasteiger partial charge in [0, 0.05) is 26.2 Å². The van der Waals surface area contributed by atoms with Crippen LogP contribution in [0.15, 0.2) is 30.3 Å². The molecule has 4 nitrogen and oxygen atoms in total. The lowest BCUT2D eigenvalue weighted by molar-refractivity contribution is -0.134. The van der Waals surface area contributed by atoms with Crippen molar-refractivity contribution < 1.29 is 4.79 Å². The Morgan fingerprint density at radius 1 is 1.25 bits per heavy atom. The van der Waals surface area contributed by atoms with Crippen LogP contribution in [-0.4, -0.2) is 54.5 Å². The maximum atomic E-state index is 12.7. The molecule has 4 heteroatoms. The van der Waals surface area contributed by atoms with E-state index in [0.29, 0.717) is 11.8 Å². The summed E-state index contributed by atoms with van der Waals surface area (Å²) in [5.41, 5.74) is 1.38. The van der Waals surface area contributed by atoms with Crippen LogP contribution in [0, 0.1) is 5.92 Å². The number of hydrogen-bond donors (Lipinski definition) is 1. The summed E-state index contributed by atoms with van der Waals surface area (Å²) in [4.78, 5) is 17.3. The zero-order valence-electron chi connectivity index (χ0n) is 14.9. The number of benzene rings is 1. The molecule has 132 valence electrons. The summed E-state index contributed by atoms with van der Waals surface area (Å²) in [6, 6.07) is 10.7. The summed E-state index contributed by atoms with van der Waals surface area (Å²) in [6.07, 6.45) is 4.58. The van der Waals surface area contributed by atoms with Crippen molar-refractivity contribution in [3.63, 3.8) is 0 Å². The van der Waals surface area contributed by atoms with Gasteiger partial charge in [-0.05, 0) is 50.8 Å². The minimum atomic E-state index is 0.0560. The van der Waals surface area contributed by atoms with Crippen LogP contribution in [-0.2, 0) is 11.3 Å². The lowest BCUT2D eigenvalue weighted by Crippen LogP contribution is -2.49. The zero-order chi connectivity index (χ0) is 16.8. The quantitative estimate of drug-likeness (QED) is 0.871. The van der Waals surface area contributed by atoms with Gasteiger partial charge in [-0.1, -0.05) is 36.8 Å². The van der Waals surface area contributed by atoms with E-state index in [-0.39, 0.29) is 6.04 Å². The molecule has 1 N–H and O–H groups in total. The van der Waals surface area contributed by atoms with Crippen molar-refractivity contribution in [2.24, 2.45) is 5.92 Å². The van der Waals surface area contributed by atoms with Crippen LogP contribution < -0.4 is 5.32 Å². The first-order valence-electron chi connectivity index (χ1n) is 9.54. The summed E-state index contributed by atoms with van der Waals surface area (Å²) in [5, 5.41) is 3.40. The van der Waals surface area contributed by atoms with Gasteiger partial charge >= 0.3 is 0 Å². The molecule has 0 spiro atoms. The third kappa shape index (κ3) is 4.58. The highest BCUT2D eigenvalue weighted by atomic mass is 16.2. The Balaban J connectivity index is 1.48. The van der Waals surface area contributed by atoms with E-state index in [0.717, 1.165) is 45.7 Å². The molecule has 2 fully saturated rings. The van der Waals surface area contributed by atoms with Crippen molar-refractivity contribution in [2.75, 3.05) is 32.7 Å². The van der Waals surface area contributed by atoms with E-state index >= 15 is 0 Å². The Morgan fingerprint density at radius 2 is 2.08 bits per heavy atom. The summed E-state index contributed by atoms with van der Waals surface area (Å²) in [7, 11) is 0. The molecule has 2 atom stereocenters. The van der Waals surface area contributed by atoms with Gasteiger partial charge in [0.05, 0.1) is 6.04 Å². The number of likely N-dealkylation sites (tertiary alicyclic amines) is 1. The second kappa shape index (κ2) is 8.63. The summed E-state index contributed by atoms with van der Waals surface area (Å²) in [6.45, 7) is 8.12. The molecular formula is C20H31N3O. The largest absolute Gasteiger partial charge is 0.341 e. The van der Waals surface area contributed by atoms with Crippen molar-refractivity contribution in [1.29, 1.82) is 0 Å². The molecule has 24 heavy (non-hydrogen) atoms. The van der Waals surface area contributed by atoms with Crippen LogP contribution in [0.25, 0.3) is 0 Å². The van der Waals surface area contributed by atoms with Gasteiger partial charge in [-0.2, -0.15) is 0 Å². The van der Waals surface area contributed by atoms with Crippen molar-refractivity contribution in [3.8, 4) is 0 Å². The molecule has 0 aromatic heterocycles. The van der Waals surface area contributed by atoms with Crippen LogP contribution in [0.1, 0.15) is 38.2 Å². The monoisotopic (exact) mass is 329 g/mol. The van der Waals surface area contributed by atoms with Gasteiger partial charge in [0.1, 0.15) is 0 Å². The third-order valence-electron chi connectivity index (χ3n) is 5.40. The summed E-state index contributed by atoms with van der Waals surface area (Å²) in [5.74, 6) is 0.930. The van der Waals surface area contributed by atoms with Gasteiger partial charge in [-0.3, -0.25) is 9.69 Å². The van der Waals surface area contributed by atoms with Gasteiger partial charge in [-0.15, -0.1) is 0 Å². The molecule has 2 aliphatic rings. The first-order valence-corrected chi connectivity index (χ1v) is 9.54. The highest BCUT2D eigenvalue weighted by molar-refractivity contribution is 5.82. The molecule has 1 aromatic carbocycles. The molecule has 0 bridgehead atoms. The SMILES string of the molecule is CCN(CC1CCN(Cc2ccccc2)C1)C(=O)[C@H]1CCCCN1. The summed E-state index contributed by atoms with van der Waals surface area (Å²) < 4.78 is 0. The lowest BCUT2D eigenvalue weighted by Gasteiger charge is -2.31. The maximum Gasteiger partial charge on any atom is 0.239 e. The Morgan fingerprint density at radius 3 is 2.79 bits per heavy atom. The Hall–Kier alpha value is -1.39. The predicted octanol–water partition coefficient (Wildman–Crippen LogP) is 2.50. The Kier molecular flexibility index (Phi) is 6.27. The molecule has 0 aliphatic carbocycles. The molecule has 1 unspecified atom stereocenters. The molecule has 1 aromatic rings. The van der Waals surface area contributed by atoms with Crippen molar-refractivity contribution in [1.82, 2.24) is 15.1 Å². The first kappa shape index (κ1) is 17.4. The molecule has 2 heterocycles. The first-order chi connectivity index (χ1) is 11.8. The van der Waals surface area contributed by atoms with Crippen LogP contribution in [0.5, 0.6) is 0 Å². The predicted molar refractivity (Wildman–Crippen MR) is 97.7 cm³/mol. The van der Waals surface area contributed by atoms with Gasteiger partial charge in [0.25, 0.3) is 0 Å². The topological polar surface area (TPSA) is 35.6 Å². The van der Waals surface area contributed by atoms with Crippen LogP contribution in [0.4, 0.5) is 0 Å². The summed E-state index contributed by atoms with van der Waals surface area (Å²) >= 11 is 0. The maximum absolute atomic E-state index is 12.7. The zero-order valence-corrected chi connectivity index (χ0v) is 14.9. The fraction of sp³-hybridized carbons (Fsp3) is 0.650. The van der Waals surface area contributed by atoms with Gasteiger partial charge in [-0.25, -0.2) is 0 Å². The highest BCUT2D eigenvalue weighted by Crippen LogP contribution is 2.20. The molecule has 2 saturated heterocycles. The molecule has 0 saturated carbocycles.